The van der Waals surface area contributed by atoms with Crippen molar-refractivity contribution in [1.82, 2.24) is 25.4 Å². The van der Waals surface area contributed by atoms with E-state index in [2.05, 4.69) is 51.8 Å². The van der Waals surface area contributed by atoms with Crippen LogP contribution < -0.4 is 10.6 Å². The molecule has 0 aliphatic heterocycles. The molecule has 0 amide bonds. The number of halogens is 1. The van der Waals surface area contributed by atoms with E-state index in [0.29, 0.717) is 13.1 Å². The van der Waals surface area contributed by atoms with E-state index in [1.807, 2.05) is 30.7 Å². The summed E-state index contributed by atoms with van der Waals surface area (Å²) in [5.41, 5.74) is 2.49. The SMILES string of the molecule is CCNC(=NCc1ccccc1C)NCc1nnc(C)n1C.I. The quantitative estimate of drug-likeness (QED) is 0.436. The first-order valence-electron chi connectivity index (χ1n) is 7.53. The molecule has 0 atom stereocenters. The monoisotopic (exact) mass is 428 g/mol. The highest BCUT2D eigenvalue weighted by Crippen LogP contribution is 2.08. The van der Waals surface area contributed by atoms with E-state index in [9.17, 15) is 0 Å². The molecule has 0 aliphatic carbocycles. The molecule has 0 aliphatic rings. The Morgan fingerprint density at radius 1 is 1.17 bits per heavy atom. The molecule has 1 heterocycles. The molecule has 2 rings (SSSR count). The fourth-order valence-electron chi connectivity index (χ4n) is 2.06. The molecular weight excluding hydrogens is 403 g/mol. The van der Waals surface area contributed by atoms with Gasteiger partial charge in [0.1, 0.15) is 5.82 Å². The summed E-state index contributed by atoms with van der Waals surface area (Å²) in [6, 6.07) is 8.30. The Kier molecular flexibility index (Phi) is 8.01. The smallest absolute Gasteiger partial charge is 0.191 e. The third-order valence-electron chi connectivity index (χ3n) is 3.61. The van der Waals surface area contributed by atoms with Crippen molar-refractivity contribution in [1.29, 1.82) is 0 Å². The molecule has 0 radical (unpaired) electrons. The number of hydrogen-bond acceptors (Lipinski definition) is 3. The molecule has 0 saturated heterocycles. The second kappa shape index (κ2) is 9.49. The Hall–Kier alpha value is -1.64. The van der Waals surface area contributed by atoms with E-state index in [1.165, 1.54) is 11.1 Å². The van der Waals surface area contributed by atoms with E-state index in [-0.39, 0.29) is 24.0 Å². The first-order chi connectivity index (χ1) is 10.6. The first kappa shape index (κ1) is 19.4. The van der Waals surface area contributed by atoms with Crippen molar-refractivity contribution in [3.8, 4) is 0 Å². The van der Waals surface area contributed by atoms with Gasteiger partial charge in [0.15, 0.2) is 11.8 Å². The maximum atomic E-state index is 4.63. The fourth-order valence-corrected chi connectivity index (χ4v) is 2.06. The van der Waals surface area contributed by atoms with Crippen molar-refractivity contribution in [3.63, 3.8) is 0 Å². The van der Waals surface area contributed by atoms with Gasteiger partial charge in [0, 0.05) is 13.6 Å². The van der Waals surface area contributed by atoms with E-state index in [4.69, 9.17) is 0 Å². The van der Waals surface area contributed by atoms with Crippen molar-refractivity contribution in [3.05, 3.63) is 47.0 Å². The predicted octanol–water partition coefficient (Wildman–Crippen LogP) is 2.31. The second-order valence-corrected chi connectivity index (χ2v) is 5.20. The minimum Gasteiger partial charge on any atom is -0.357 e. The molecule has 6 nitrogen and oxygen atoms in total. The molecule has 126 valence electrons. The van der Waals surface area contributed by atoms with Crippen LogP contribution in [-0.2, 0) is 20.1 Å². The molecule has 7 heteroatoms. The maximum Gasteiger partial charge on any atom is 0.191 e. The number of aliphatic imine (C=N–C) groups is 1. The number of hydrogen-bond donors (Lipinski definition) is 2. The van der Waals surface area contributed by atoms with Gasteiger partial charge in [0.25, 0.3) is 0 Å². The van der Waals surface area contributed by atoms with E-state index >= 15 is 0 Å². The lowest BCUT2D eigenvalue weighted by Gasteiger charge is -2.11. The zero-order chi connectivity index (χ0) is 15.9. The normalized spacial score (nSPS) is 11.0. The van der Waals surface area contributed by atoms with Gasteiger partial charge in [0.05, 0.1) is 13.1 Å². The number of guanidine groups is 1. The highest BCUT2D eigenvalue weighted by atomic mass is 127. The zero-order valence-electron chi connectivity index (χ0n) is 14.1. The standard InChI is InChI=1S/C16H24N6.HI/c1-5-17-16(18-10-14-9-7-6-8-12(14)2)19-11-15-21-20-13(3)22(15)4;/h6-9H,5,10-11H2,1-4H3,(H2,17,18,19);1H. The highest BCUT2D eigenvalue weighted by Gasteiger charge is 2.06. The Balaban J connectivity index is 0.00000264. The lowest BCUT2D eigenvalue weighted by atomic mass is 10.1. The molecular formula is C16H25IN6. The topological polar surface area (TPSA) is 67.1 Å². The summed E-state index contributed by atoms with van der Waals surface area (Å²) in [6.07, 6.45) is 0. The molecule has 0 bridgehead atoms. The van der Waals surface area contributed by atoms with E-state index < -0.39 is 0 Å². The summed E-state index contributed by atoms with van der Waals surface area (Å²) < 4.78 is 1.97. The Morgan fingerprint density at radius 3 is 2.52 bits per heavy atom. The van der Waals surface area contributed by atoms with Crippen molar-refractivity contribution in [2.75, 3.05) is 6.54 Å². The summed E-state index contributed by atoms with van der Waals surface area (Å²) in [5, 5.41) is 14.8. The number of benzene rings is 1. The third-order valence-corrected chi connectivity index (χ3v) is 3.61. The molecule has 0 fully saturated rings. The minimum atomic E-state index is 0. The van der Waals surface area contributed by atoms with Gasteiger partial charge in [-0.1, -0.05) is 24.3 Å². The zero-order valence-corrected chi connectivity index (χ0v) is 16.5. The largest absolute Gasteiger partial charge is 0.357 e. The summed E-state index contributed by atoms with van der Waals surface area (Å²) in [6.45, 7) is 8.16. The van der Waals surface area contributed by atoms with Crippen LogP contribution in [0.1, 0.15) is 29.7 Å². The molecule has 1 aromatic heterocycles. The van der Waals surface area contributed by atoms with Gasteiger partial charge < -0.3 is 15.2 Å². The molecule has 1 aromatic carbocycles. The third kappa shape index (κ3) is 5.49. The number of aromatic nitrogens is 3. The Bertz CT molecular complexity index is 650. The van der Waals surface area contributed by atoms with Gasteiger partial charge in [-0.15, -0.1) is 34.2 Å². The summed E-state index contributed by atoms with van der Waals surface area (Å²) in [5.74, 6) is 2.57. The van der Waals surface area contributed by atoms with Crippen molar-refractivity contribution >= 4 is 29.9 Å². The van der Waals surface area contributed by atoms with Crippen LogP contribution in [0, 0.1) is 13.8 Å². The van der Waals surface area contributed by atoms with Crippen LogP contribution in [0.3, 0.4) is 0 Å². The Morgan fingerprint density at radius 2 is 1.91 bits per heavy atom. The van der Waals surface area contributed by atoms with Gasteiger partial charge >= 0.3 is 0 Å². The molecule has 0 unspecified atom stereocenters. The molecule has 0 saturated carbocycles. The number of nitrogens with one attached hydrogen (secondary N) is 2. The molecule has 2 aromatic rings. The van der Waals surface area contributed by atoms with Crippen molar-refractivity contribution in [2.45, 2.75) is 33.9 Å². The summed E-state index contributed by atoms with van der Waals surface area (Å²) in [7, 11) is 1.96. The average Bonchev–Trinajstić information content (AvgIpc) is 2.83. The van der Waals surface area contributed by atoms with E-state index in [1.54, 1.807) is 0 Å². The van der Waals surface area contributed by atoms with Crippen molar-refractivity contribution < 1.29 is 0 Å². The Labute approximate surface area is 154 Å². The lowest BCUT2D eigenvalue weighted by molar-refractivity contribution is 0.718. The van der Waals surface area contributed by atoms with Crippen LogP contribution in [0.5, 0.6) is 0 Å². The highest BCUT2D eigenvalue weighted by molar-refractivity contribution is 14.0. The lowest BCUT2D eigenvalue weighted by Crippen LogP contribution is -2.37. The maximum absolute atomic E-state index is 4.63. The predicted molar refractivity (Wildman–Crippen MR) is 104 cm³/mol. The van der Waals surface area contributed by atoms with Crippen LogP contribution in [0.2, 0.25) is 0 Å². The van der Waals surface area contributed by atoms with Crippen LogP contribution in [0.25, 0.3) is 0 Å². The fraction of sp³-hybridized carbons (Fsp3) is 0.438. The van der Waals surface area contributed by atoms with E-state index in [0.717, 1.165) is 24.2 Å². The van der Waals surface area contributed by atoms with Crippen molar-refractivity contribution in [2.24, 2.45) is 12.0 Å². The molecule has 2 N–H and O–H groups in total. The summed E-state index contributed by atoms with van der Waals surface area (Å²) in [4.78, 5) is 4.63. The van der Waals surface area contributed by atoms with Gasteiger partial charge in [-0.25, -0.2) is 4.99 Å². The summed E-state index contributed by atoms with van der Waals surface area (Å²) >= 11 is 0. The molecule has 0 spiro atoms. The van der Waals surface area contributed by atoms with Crippen LogP contribution in [0.4, 0.5) is 0 Å². The average molecular weight is 428 g/mol. The van der Waals surface area contributed by atoms with Gasteiger partial charge in [0.2, 0.25) is 0 Å². The minimum absolute atomic E-state index is 0. The van der Waals surface area contributed by atoms with Gasteiger partial charge in [-0.05, 0) is 31.9 Å². The first-order valence-corrected chi connectivity index (χ1v) is 7.53. The number of rotatable bonds is 5. The number of nitrogens with zero attached hydrogens (tertiary/aromatic N) is 4. The van der Waals surface area contributed by atoms with Gasteiger partial charge in [-0.2, -0.15) is 0 Å². The van der Waals surface area contributed by atoms with Crippen LogP contribution >= 0.6 is 24.0 Å². The second-order valence-electron chi connectivity index (χ2n) is 5.20. The van der Waals surface area contributed by atoms with Crippen LogP contribution in [-0.4, -0.2) is 27.3 Å². The van der Waals surface area contributed by atoms with Gasteiger partial charge in [-0.3, -0.25) is 0 Å². The number of aryl methyl sites for hydroxylation is 2. The molecule has 23 heavy (non-hydrogen) atoms. The van der Waals surface area contributed by atoms with Crippen LogP contribution in [0.15, 0.2) is 29.3 Å².